The Hall–Kier alpha value is -3.23. The van der Waals surface area contributed by atoms with Crippen LogP contribution in [0.5, 0.6) is 0 Å². The quantitative estimate of drug-likeness (QED) is 0.586. The first-order valence-electron chi connectivity index (χ1n) is 10.4. The monoisotopic (exact) mass is 422 g/mol. The summed E-state index contributed by atoms with van der Waals surface area (Å²) in [5.74, 6) is 0.569. The predicted molar refractivity (Wildman–Crippen MR) is 117 cm³/mol. The number of carbonyl (C=O) groups excluding carboxylic acids is 2. The van der Waals surface area contributed by atoms with Crippen LogP contribution in [-0.2, 0) is 9.53 Å². The number of nitrogens with one attached hydrogen (secondary N) is 1. The molecule has 1 aliphatic rings. The minimum atomic E-state index is -0.0318. The summed E-state index contributed by atoms with van der Waals surface area (Å²) in [6, 6.07) is 13.1. The number of carbonyl (C=O) groups is 2. The molecular weight excluding hydrogens is 396 g/mol. The molecule has 8 nitrogen and oxygen atoms in total. The molecule has 1 fully saturated rings. The first-order chi connectivity index (χ1) is 15.2. The molecule has 3 aromatic rings. The Morgan fingerprint density at radius 1 is 1.13 bits per heavy atom. The van der Waals surface area contributed by atoms with E-state index in [0.29, 0.717) is 62.9 Å². The molecule has 1 saturated heterocycles. The molecule has 0 radical (unpaired) electrons. The third kappa shape index (κ3) is 4.92. The van der Waals surface area contributed by atoms with E-state index in [1.54, 1.807) is 25.5 Å². The smallest absolute Gasteiger partial charge is 0.254 e. The number of fused-ring (bicyclic) bond motifs is 1. The summed E-state index contributed by atoms with van der Waals surface area (Å²) in [7, 11) is 1.60. The molecule has 0 atom stereocenters. The number of pyridine rings is 1. The van der Waals surface area contributed by atoms with Gasteiger partial charge in [-0.05, 0) is 24.3 Å². The fraction of sp³-hybridized carbons (Fsp3) is 0.348. The van der Waals surface area contributed by atoms with Gasteiger partial charge in [-0.15, -0.1) is 0 Å². The minimum absolute atomic E-state index is 0.0277. The molecule has 3 heterocycles. The van der Waals surface area contributed by atoms with Crippen molar-refractivity contribution in [1.29, 1.82) is 0 Å². The van der Waals surface area contributed by atoms with Crippen LogP contribution in [0.4, 0.5) is 0 Å². The van der Waals surface area contributed by atoms with Gasteiger partial charge < -0.3 is 19.4 Å². The molecule has 2 amide bonds. The maximum atomic E-state index is 13.4. The lowest BCUT2D eigenvalue weighted by Gasteiger charge is -2.34. The van der Waals surface area contributed by atoms with Crippen molar-refractivity contribution in [1.82, 2.24) is 20.1 Å². The van der Waals surface area contributed by atoms with Crippen LogP contribution in [0.15, 0.2) is 53.1 Å². The second-order valence-corrected chi connectivity index (χ2v) is 7.46. The van der Waals surface area contributed by atoms with Gasteiger partial charge in [0.2, 0.25) is 5.91 Å². The van der Waals surface area contributed by atoms with Gasteiger partial charge in [-0.1, -0.05) is 18.2 Å². The number of methoxy groups -OCH3 is 1. The molecule has 31 heavy (non-hydrogen) atoms. The summed E-state index contributed by atoms with van der Waals surface area (Å²) in [4.78, 5) is 34.0. The van der Waals surface area contributed by atoms with Crippen LogP contribution in [-0.4, -0.2) is 79.6 Å². The topological polar surface area (TPSA) is 87.9 Å². The molecule has 162 valence electrons. The van der Waals surface area contributed by atoms with Crippen LogP contribution in [0.1, 0.15) is 10.4 Å². The number of amides is 2. The zero-order valence-electron chi connectivity index (χ0n) is 17.5. The van der Waals surface area contributed by atoms with E-state index in [4.69, 9.17) is 9.15 Å². The molecule has 0 unspecified atom stereocenters. The molecule has 0 spiro atoms. The molecule has 1 N–H and O–H groups in total. The number of rotatable bonds is 7. The van der Waals surface area contributed by atoms with E-state index in [-0.39, 0.29) is 11.8 Å². The largest absolute Gasteiger partial charge is 0.463 e. The Morgan fingerprint density at radius 3 is 2.68 bits per heavy atom. The highest BCUT2D eigenvalue weighted by Gasteiger charge is 2.25. The summed E-state index contributed by atoms with van der Waals surface area (Å²) >= 11 is 0. The summed E-state index contributed by atoms with van der Waals surface area (Å²) in [6.45, 7) is 3.75. The number of piperazine rings is 1. The van der Waals surface area contributed by atoms with Crippen molar-refractivity contribution in [2.75, 3.05) is 53.0 Å². The molecule has 8 heteroatoms. The molecular formula is C23H26N4O4. The molecule has 2 aromatic heterocycles. The summed E-state index contributed by atoms with van der Waals surface area (Å²) in [5, 5.41) is 3.65. The molecule has 0 aliphatic carbocycles. The lowest BCUT2D eigenvalue weighted by molar-refractivity contribution is -0.122. The average molecular weight is 422 g/mol. The Bertz CT molecular complexity index is 1040. The van der Waals surface area contributed by atoms with Crippen molar-refractivity contribution >= 4 is 22.7 Å². The van der Waals surface area contributed by atoms with Gasteiger partial charge >= 0.3 is 0 Å². The number of hydrogen-bond acceptors (Lipinski definition) is 6. The fourth-order valence-corrected chi connectivity index (χ4v) is 3.73. The average Bonchev–Trinajstić information content (AvgIpc) is 3.34. The Labute approximate surface area is 180 Å². The Balaban J connectivity index is 1.46. The molecule has 4 rings (SSSR count). The van der Waals surface area contributed by atoms with Gasteiger partial charge in [0.1, 0.15) is 5.69 Å². The van der Waals surface area contributed by atoms with Crippen molar-refractivity contribution in [2.45, 2.75) is 0 Å². The van der Waals surface area contributed by atoms with Crippen LogP contribution in [0.3, 0.4) is 0 Å². The van der Waals surface area contributed by atoms with Gasteiger partial charge in [-0.25, -0.2) is 4.98 Å². The number of furan rings is 1. The van der Waals surface area contributed by atoms with E-state index in [9.17, 15) is 9.59 Å². The molecule has 0 saturated carbocycles. The van der Waals surface area contributed by atoms with Crippen LogP contribution < -0.4 is 5.32 Å². The van der Waals surface area contributed by atoms with E-state index in [2.05, 4.69) is 15.2 Å². The SMILES string of the molecule is COCCNC(=O)CN1CCN(C(=O)c2cc(-c3ccco3)nc3ccccc23)CC1. The van der Waals surface area contributed by atoms with Gasteiger partial charge in [0.15, 0.2) is 5.76 Å². The number of hydrogen-bond donors (Lipinski definition) is 1. The number of aromatic nitrogens is 1. The second-order valence-electron chi connectivity index (χ2n) is 7.46. The zero-order chi connectivity index (χ0) is 21.6. The molecule has 1 aromatic carbocycles. The van der Waals surface area contributed by atoms with Gasteiger partial charge in [-0.3, -0.25) is 14.5 Å². The first kappa shape index (κ1) is 21.0. The summed E-state index contributed by atoms with van der Waals surface area (Å²) in [5.41, 5.74) is 2.01. The highest BCUT2D eigenvalue weighted by atomic mass is 16.5. The van der Waals surface area contributed by atoms with Gasteiger partial charge in [0.05, 0.1) is 30.5 Å². The number of benzene rings is 1. The van der Waals surface area contributed by atoms with E-state index in [1.807, 2.05) is 35.2 Å². The fourth-order valence-electron chi connectivity index (χ4n) is 3.73. The zero-order valence-corrected chi connectivity index (χ0v) is 17.5. The van der Waals surface area contributed by atoms with Crippen molar-refractivity contribution < 1.29 is 18.7 Å². The summed E-state index contributed by atoms with van der Waals surface area (Å²) in [6.07, 6.45) is 1.60. The normalized spacial score (nSPS) is 14.7. The van der Waals surface area contributed by atoms with Crippen LogP contribution >= 0.6 is 0 Å². The number of ether oxygens (including phenoxy) is 1. The van der Waals surface area contributed by atoms with Crippen LogP contribution in [0.2, 0.25) is 0 Å². The standard InChI is InChI=1S/C23H26N4O4/c1-30-14-8-24-22(28)16-26-9-11-27(12-10-26)23(29)18-15-20(21-7-4-13-31-21)25-19-6-3-2-5-17(18)19/h2-7,13,15H,8-12,14,16H2,1H3,(H,24,28). The van der Waals surface area contributed by atoms with Gasteiger partial charge in [0.25, 0.3) is 5.91 Å². The third-order valence-corrected chi connectivity index (χ3v) is 5.38. The molecule has 0 bridgehead atoms. The maximum absolute atomic E-state index is 13.4. The van der Waals surface area contributed by atoms with Crippen molar-refractivity contribution in [3.8, 4) is 11.5 Å². The number of para-hydroxylation sites is 1. The van der Waals surface area contributed by atoms with E-state index < -0.39 is 0 Å². The van der Waals surface area contributed by atoms with Gasteiger partial charge in [0, 0.05) is 45.2 Å². The van der Waals surface area contributed by atoms with Crippen molar-refractivity contribution in [2.24, 2.45) is 0 Å². The lowest BCUT2D eigenvalue weighted by Crippen LogP contribution is -2.51. The van der Waals surface area contributed by atoms with Crippen molar-refractivity contribution in [3.63, 3.8) is 0 Å². The lowest BCUT2D eigenvalue weighted by atomic mass is 10.0. The van der Waals surface area contributed by atoms with E-state index in [1.165, 1.54) is 0 Å². The van der Waals surface area contributed by atoms with E-state index >= 15 is 0 Å². The Kier molecular flexibility index (Phi) is 6.59. The van der Waals surface area contributed by atoms with E-state index in [0.717, 1.165) is 10.9 Å². The van der Waals surface area contributed by atoms with Crippen molar-refractivity contribution in [3.05, 3.63) is 54.3 Å². The summed E-state index contributed by atoms with van der Waals surface area (Å²) < 4.78 is 10.4. The van der Waals surface area contributed by atoms with Crippen LogP contribution in [0, 0.1) is 0 Å². The highest BCUT2D eigenvalue weighted by Crippen LogP contribution is 2.26. The predicted octanol–water partition coefficient (Wildman–Crippen LogP) is 2.02. The Morgan fingerprint density at radius 2 is 1.94 bits per heavy atom. The highest BCUT2D eigenvalue weighted by molar-refractivity contribution is 6.07. The minimum Gasteiger partial charge on any atom is -0.463 e. The third-order valence-electron chi connectivity index (χ3n) is 5.38. The number of nitrogens with zero attached hydrogens (tertiary/aromatic N) is 3. The van der Waals surface area contributed by atoms with Gasteiger partial charge in [-0.2, -0.15) is 0 Å². The first-order valence-corrected chi connectivity index (χ1v) is 10.4. The molecule has 1 aliphatic heterocycles. The van der Waals surface area contributed by atoms with Crippen LogP contribution in [0.25, 0.3) is 22.4 Å². The second kappa shape index (κ2) is 9.72. The maximum Gasteiger partial charge on any atom is 0.254 e.